The Hall–Kier alpha value is -0.0800. The molecular formula is C15H30N2. The molecule has 1 atom stereocenters. The molecule has 1 aliphatic carbocycles. The van der Waals surface area contributed by atoms with Crippen molar-refractivity contribution in [1.29, 1.82) is 0 Å². The molecule has 2 aliphatic rings. The first kappa shape index (κ1) is 13.4. The fourth-order valence-electron chi connectivity index (χ4n) is 3.83. The molecule has 1 saturated carbocycles. The lowest BCUT2D eigenvalue weighted by molar-refractivity contribution is 0.0605. The molecule has 1 saturated heterocycles. The van der Waals surface area contributed by atoms with Gasteiger partial charge in [0, 0.05) is 6.54 Å². The maximum Gasteiger partial charge on any atom is 0.000750 e. The van der Waals surface area contributed by atoms with E-state index in [0.29, 0.717) is 0 Å². The lowest BCUT2D eigenvalue weighted by Gasteiger charge is -2.44. The first-order valence-electron chi connectivity index (χ1n) is 7.66. The van der Waals surface area contributed by atoms with Crippen LogP contribution in [0.3, 0.4) is 0 Å². The molecule has 1 heterocycles. The molecule has 0 amide bonds. The summed E-state index contributed by atoms with van der Waals surface area (Å²) in [5, 5.41) is 0. The molecule has 1 unspecified atom stereocenters. The smallest absolute Gasteiger partial charge is 0.000750 e. The minimum absolute atomic E-state index is 0.756. The molecule has 17 heavy (non-hydrogen) atoms. The molecule has 2 fully saturated rings. The van der Waals surface area contributed by atoms with E-state index in [1.807, 2.05) is 0 Å². The summed E-state index contributed by atoms with van der Waals surface area (Å²) >= 11 is 0. The average molecular weight is 238 g/mol. The third-order valence-electron chi connectivity index (χ3n) is 5.06. The summed E-state index contributed by atoms with van der Waals surface area (Å²) in [5.41, 5.74) is 6.38. The van der Waals surface area contributed by atoms with Crippen molar-refractivity contribution in [3.8, 4) is 0 Å². The summed E-state index contributed by atoms with van der Waals surface area (Å²) in [6.45, 7) is 7.15. The topological polar surface area (TPSA) is 29.3 Å². The van der Waals surface area contributed by atoms with Crippen LogP contribution in [0.5, 0.6) is 0 Å². The number of nitrogens with two attached hydrogens (primary N) is 1. The van der Waals surface area contributed by atoms with Gasteiger partial charge < -0.3 is 10.6 Å². The second kappa shape index (κ2) is 6.19. The van der Waals surface area contributed by atoms with Crippen LogP contribution in [-0.4, -0.2) is 31.1 Å². The predicted molar refractivity (Wildman–Crippen MR) is 74.0 cm³/mol. The van der Waals surface area contributed by atoms with E-state index in [2.05, 4.69) is 11.8 Å². The Morgan fingerprint density at radius 2 is 1.71 bits per heavy atom. The first-order valence-corrected chi connectivity index (χ1v) is 7.66. The van der Waals surface area contributed by atoms with Crippen molar-refractivity contribution in [3.05, 3.63) is 0 Å². The summed E-state index contributed by atoms with van der Waals surface area (Å²) in [5.74, 6) is 0.778. The lowest BCUT2D eigenvalue weighted by atomic mass is 9.68. The fraction of sp³-hybridized carbons (Fsp3) is 1.00. The fourth-order valence-corrected chi connectivity index (χ4v) is 3.83. The Morgan fingerprint density at radius 3 is 2.29 bits per heavy atom. The van der Waals surface area contributed by atoms with E-state index in [0.717, 1.165) is 17.9 Å². The number of rotatable bonds is 4. The van der Waals surface area contributed by atoms with Crippen molar-refractivity contribution in [1.82, 2.24) is 4.90 Å². The second-order valence-electron chi connectivity index (χ2n) is 6.54. The van der Waals surface area contributed by atoms with Crippen LogP contribution in [0.4, 0.5) is 0 Å². The van der Waals surface area contributed by atoms with Crippen LogP contribution in [0.2, 0.25) is 0 Å². The molecule has 2 N–H and O–H groups in total. The number of nitrogens with zero attached hydrogens (tertiary/aromatic N) is 1. The minimum atomic E-state index is 0.756. The Kier molecular flexibility index (Phi) is 4.87. The zero-order valence-electron chi connectivity index (χ0n) is 11.6. The van der Waals surface area contributed by atoms with Crippen LogP contribution in [0.15, 0.2) is 0 Å². The van der Waals surface area contributed by atoms with Gasteiger partial charge in [-0.15, -0.1) is 0 Å². The van der Waals surface area contributed by atoms with E-state index in [1.54, 1.807) is 0 Å². The first-order chi connectivity index (χ1) is 8.24. The van der Waals surface area contributed by atoms with Crippen molar-refractivity contribution in [3.63, 3.8) is 0 Å². The van der Waals surface area contributed by atoms with E-state index < -0.39 is 0 Å². The highest BCUT2D eigenvalue weighted by atomic mass is 15.1. The summed E-state index contributed by atoms with van der Waals surface area (Å²) in [6, 6.07) is 0. The van der Waals surface area contributed by atoms with E-state index in [1.165, 1.54) is 71.0 Å². The third-order valence-corrected chi connectivity index (χ3v) is 5.06. The van der Waals surface area contributed by atoms with Gasteiger partial charge in [0.1, 0.15) is 0 Å². The molecule has 1 aliphatic heterocycles. The van der Waals surface area contributed by atoms with Gasteiger partial charge in [-0.1, -0.05) is 26.2 Å². The standard InChI is InChI=1S/C15H30N2/c1-14(5-10-16)13-17-11-8-15(9-12-17)6-3-2-4-7-15/h14H,2-13,16H2,1H3. The van der Waals surface area contributed by atoms with Gasteiger partial charge in [-0.25, -0.2) is 0 Å². The van der Waals surface area contributed by atoms with Crippen molar-refractivity contribution >= 4 is 0 Å². The van der Waals surface area contributed by atoms with Crippen molar-refractivity contribution in [2.75, 3.05) is 26.2 Å². The van der Waals surface area contributed by atoms with Gasteiger partial charge >= 0.3 is 0 Å². The Labute approximate surface area is 107 Å². The van der Waals surface area contributed by atoms with E-state index >= 15 is 0 Å². The summed E-state index contributed by atoms with van der Waals surface area (Å²) < 4.78 is 0. The molecule has 100 valence electrons. The van der Waals surface area contributed by atoms with Crippen molar-refractivity contribution in [2.24, 2.45) is 17.1 Å². The molecule has 2 nitrogen and oxygen atoms in total. The summed E-state index contributed by atoms with van der Waals surface area (Å²) in [4.78, 5) is 2.68. The molecular weight excluding hydrogens is 208 g/mol. The zero-order valence-corrected chi connectivity index (χ0v) is 11.6. The van der Waals surface area contributed by atoms with Crippen LogP contribution < -0.4 is 5.73 Å². The predicted octanol–water partition coefficient (Wildman–Crippen LogP) is 3.02. The number of hydrogen-bond acceptors (Lipinski definition) is 2. The Bertz CT molecular complexity index is 211. The molecule has 0 aromatic heterocycles. The molecule has 0 aromatic carbocycles. The van der Waals surface area contributed by atoms with E-state index in [-0.39, 0.29) is 0 Å². The minimum Gasteiger partial charge on any atom is -0.330 e. The zero-order chi connectivity index (χ0) is 12.1. The second-order valence-corrected chi connectivity index (χ2v) is 6.54. The van der Waals surface area contributed by atoms with E-state index in [4.69, 9.17) is 5.73 Å². The average Bonchev–Trinajstić information content (AvgIpc) is 2.34. The van der Waals surface area contributed by atoms with E-state index in [9.17, 15) is 0 Å². The molecule has 0 aromatic rings. The SMILES string of the molecule is CC(CCN)CN1CCC2(CCCCC2)CC1. The van der Waals surface area contributed by atoms with Gasteiger partial charge in [0.15, 0.2) is 0 Å². The van der Waals surface area contributed by atoms with Crippen LogP contribution >= 0.6 is 0 Å². The highest BCUT2D eigenvalue weighted by Crippen LogP contribution is 2.44. The number of piperidine rings is 1. The maximum atomic E-state index is 5.63. The Morgan fingerprint density at radius 1 is 1.06 bits per heavy atom. The molecule has 2 heteroatoms. The number of likely N-dealkylation sites (tertiary alicyclic amines) is 1. The van der Waals surface area contributed by atoms with Gasteiger partial charge in [-0.3, -0.25) is 0 Å². The normalized spacial score (nSPS) is 27.2. The largest absolute Gasteiger partial charge is 0.330 e. The summed E-state index contributed by atoms with van der Waals surface area (Å²) in [6.07, 6.45) is 11.6. The van der Waals surface area contributed by atoms with Gasteiger partial charge in [-0.05, 0) is 63.1 Å². The van der Waals surface area contributed by atoms with Crippen molar-refractivity contribution < 1.29 is 0 Å². The Balaban J connectivity index is 1.73. The quantitative estimate of drug-likeness (QED) is 0.816. The molecule has 2 rings (SSSR count). The highest BCUT2D eigenvalue weighted by molar-refractivity contribution is 4.88. The van der Waals surface area contributed by atoms with Crippen molar-refractivity contribution in [2.45, 2.75) is 58.3 Å². The van der Waals surface area contributed by atoms with Gasteiger partial charge in [0.05, 0.1) is 0 Å². The lowest BCUT2D eigenvalue weighted by Crippen LogP contribution is -2.42. The van der Waals surface area contributed by atoms with Gasteiger partial charge in [0.25, 0.3) is 0 Å². The molecule has 1 spiro atoms. The number of hydrogen-bond donors (Lipinski definition) is 1. The maximum absolute atomic E-state index is 5.63. The molecule has 0 bridgehead atoms. The highest BCUT2D eigenvalue weighted by Gasteiger charge is 2.35. The molecule has 0 radical (unpaired) electrons. The third kappa shape index (κ3) is 3.69. The summed E-state index contributed by atoms with van der Waals surface area (Å²) in [7, 11) is 0. The van der Waals surface area contributed by atoms with Crippen LogP contribution in [0.25, 0.3) is 0 Å². The van der Waals surface area contributed by atoms with Crippen LogP contribution in [-0.2, 0) is 0 Å². The monoisotopic (exact) mass is 238 g/mol. The van der Waals surface area contributed by atoms with Gasteiger partial charge in [-0.2, -0.15) is 0 Å². The van der Waals surface area contributed by atoms with Crippen LogP contribution in [0, 0.1) is 11.3 Å². The van der Waals surface area contributed by atoms with Gasteiger partial charge in [0.2, 0.25) is 0 Å². The van der Waals surface area contributed by atoms with Crippen LogP contribution in [0.1, 0.15) is 58.3 Å².